The van der Waals surface area contributed by atoms with Crippen molar-refractivity contribution in [3.8, 4) is 0 Å². The van der Waals surface area contributed by atoms with Crippen molar-refractivity contribution in [1.29, 1.82) is 0 Å². The molecule has 0 unspecified atom stereocenters. The Morgan fingerprint density at radius 2 is 2.21 bits per heavy atom. The molecule has 2 N–H and O–H groups in total. The van der Waals surface area contributed by atoms with Crippen molar-refractivity contribution in [1.82, 2.24) is 14.9 Å². The molecule has 1 aromatic heterocycles. The van der Waals surface area contributed by atoms with E-state index in [0.29, 0.717) is 44.1 Å². The van der Waals surface area contributed by atoms with Gasteiger partial charge in [-0.25, -0.2) is 4.79 Å². The molecule has 7 heteroatoms. The van der Waals surface area contributed by atoms with Crippen LogP contribution in [0.5, 0.6) is 0 Å². The molecule has 7 nitrogen and oxygen atoms in total. The molecule has 0 aliphatic carbocycles. The molecule has 1 fully saturated rings. The van der Waals surface area contributed by atoms with Crippen LogP contribution in [0.25, 0.3) is 11.0 Å². The number of imidazole rings is 1. The maximum atomic E-state index is 12.4. The molecule has 0 radical (unpaired) electrons. The summed E-state index contributed by atoms with van der Waals surface area (Å²) in [6.45, 7) is 4.87. The number of H-pyrrole nitrogens is 1. The highest BCUT2D eigenvalue weighted by molar-refractivity contribution is 5.97. The van der Waals surface area contributed by atoms with Crippen LogP contribution in [-0.4, -0.2) is 47.9 Å². The Labute approximate surface area is 139 Å². The lowest BCUT2D eigenvalue weighted by Gasteiger charge is -2.23. The Balaban J connectivity index is 1.76. The Bertz CT molecular complexity index is 759. The van der Waals surface area contributed by atoms with E-state index < -0.39 is 0 Å². The SMILES string of the molecule is CCOCCn1c(=O)[nH]c2cc(C(=O)NC3CCOCC3)ccc21. The second-order valence-electron chi connectivity index (χ2n) is 5.87. The standard InChI is InChI=1S/C17H23N3O4/c1-2-23-10-7-20-15-4-3-12(11-14(15)19-17(20)22)16(21)18-13-5-8-24-9-6-13/h3-4,11,13H,2,5-10H2,1H3,(H,18,21)(H,19,22). The minimum absolute atomic E-state index is 0.119. The van der Waals surface area contributed by atoms with E-state index in [1.165, 1.54) is 0 Å². The number of carbonyl (C=O) groups excluding carboxylic acids is 1. The minimum atomic E-state index is -0.188. The molecule has 2 heterocycles. The first kappa shape index (κ1) is 16.7. The largest absolute Gasteiger partial charge is 0.381 e. The molecule has 130 valence electrons. The van der Waals surface area contributed by atoms with Gasteiger partial charge in [0.25, 0.3) is 5.91 Å². The van der Waals surface area contributed by atoms with Crippen molar-refractivity contribution < 1.29 is 14.3 Å². The second kappa shape index (κ2) is 7.63. The number of hydrogen-bond donors (Lipinski definition) is 2. The number of nitrogens with one attached hydrogen (secondary N) is 2. The molecule has 0 saturated carbocycles. The first-order valence-electron chi connectivity index (χ1n) is 8.38. The van der Waals surface area contributed by atoms with E-state index >= 15 is 0 Å². The molecule has 1 saturated heterocycles. The van der Waals surface area contributed by atoms with Crippen LogP contribution in [0, 0.1) is 0 Å². The van der Waals surface area contributed by atoms with Crippen molar-refractivity contribution >= 4 is 16.9 Å². The predicted octanol–water partition coefficient (Wildman–Crippen LogP) is 1.27. The highest BCUT2D eigenvalue weighted by Crippen LogP contribution is 2.14. The summed E-state index contributed by atoms with van der Waals surface area (Å²) in [6, 6.07) is 5.43. The molecule has 0 bridgehead atoms. The van der Waals surface area contributed by atoms with E-state index in [1.54, 1.807) is 22.8 Å². The summed E-state index contributed by atoms with van der Waals surface area (Å²) < 4.78 is 12.2. The fourth-order valence-corrected chi connectivity index (χ4v) is 2.94. The average Bonchev–Trinajstić information content (AvgIpc) is 2.91. The molecule has 1 aliphatic heterocycles. The maximum absolute atomic E-state index is 12.4. The Morgan fingerprint density at radius 3 is 2.96 bits per heavy atom. The lowest BCUT2D eigenvalue weighted by atomic mass is 10.1. The first-order valence-corrected chi connectivity index (χ1v) is 8.38. The Kier molecular flexibility index (Phi) is 5.32. The number of amides is 1. The van der Waals surface area contributed by atoms with Gasteiger partial charge in [0.1, 0.15) is 0 Å². The molecule has 3 rings (SSSR count). The van der Waals surface area contributed by atoms with Crippen LogP contribution in [0.2, 0.25) is 0 Å². The molecule has 1 aromatic carbocycles. The summed E-state index contributed by atoms with van der Waals surface area (Å²) in [5.74, 6) is -0.119. The Morgan fingerprint density at radius 1 is 1.42 bits per heavy atom. The van der Waals surface area contributed by atoms with Crippen LogP contribution in [-0.2, 0) is 16.0 Å². The number of aromatic nitrogens is 2. The predicted molar refractivity (Wildman–Crippen MR) is 90.4 cm³/mol. The molecule has 1 amide bonds. The van der Waals surface area contributed by atoms with Gasteiger partial charge in [-0.15, -0.1) is 0 Å². The molecule has 0 atom stereocenters. The fourth-order valence-electron chi connectivity index (χ4n) is 2.94. The zero-order valence-electron chi connectivity index (χ0n) is 13.8. The molecular weight excluding hydrogens is 310 g/mol. The number of rotatable bonds is 6. The van der Waals surface area contributed by atoms with Crippen LogP contribution < -0.4 is 11.0 Å². The van der Waals surface area contributed by atoms with Gasteiger partial charge >= 0.3 is 5.69 Å². The summed E-state index contributed by atoms with van der Waals surface area (Å²) in [5.41, 5.74) is 1.80. The van der Waals surface area contributed by atoms with Crippen LogP contribution in [0.15, 0.2) is 23.0 Å². The zero-order valence-corrected chi connectivity index (χ0v) is 13.8. The van der Waals surface area contributed by atoms with Crippen LogP contribution >= 0.6 is 0 Å². The van der Waals surface area contributed by atoms with E-state index in [9.17, 15) is 9.59 Å². The summed E-state index contributed by atoms with van der Waals surface area (Å²) in [5, 5.41) is 3.03. The third-order valence-corrected chi connectivity index (χ3v) is 4.26. The summed E-state index contributed by atoms with van der Waals surface area (Å²) in [7, 11) is 0. The number of benzene rings is 1. The average molecular weight is 333 g/mol. The Hall–Kier alpha value is -2.12. The third-order valence-electron chi connectivity index (χ3n) is 4.26. The van der Waals surface area contributed by atoms with Gasteiger partial charge in [-0.2, -0.15) is 0 Å². The number of nitrogens with zero attached hydrogens (tertiary/aromatic N) is 1. The van der Waals surface area contributed by atoms with Gasteiger partial charge in [0.15, 0.2) is 0 Å². The topological polar surface area (TPSA) is 85.4 Å². The van der Waals surface area contributed by atoms with Crippen LogP contribution in [0.3, 0.4) is 0 Å². The van der Waals surface area contributed by atoms with E-state index in [1.807, 2.05) is 6.92 Å². The van der Waals surface area contributed by atoms with E-state index in [-0.39, 0.29) is 17.6 Å². The molecule has 24 heavy (non-hydrogen) atoms. The molecule has 2 aromatic rings. The molecule has 0 spiro atoms. The van der Waals surface area contributed by atoms with Crippen molar-refractivity contribution in [2.75, 3.05) is 26.4 Å². The van der Waals surface area contributed by atoms with Crippen molar-refractivity contribution in [3.63, 3.8) is 0 Å². The van der Waals surface area contributed by atoms with E-state index in [4.69, 9.17) is 9.47 Å². The van der Waals surface area contributed by atoms with Gasteiger partial charge in [0.05, 0.1) is 24.2 Å². The van der Waals surface area contributed by atoms with E-state index in [0.717, 1.165) is 18.4 Å². The van der Waals surface area contributed by atoms with E-state index in [2.05, 4.69) is 10.3 Å². The van der Waals surface area contributed by atoms with Gasteiger partial charge < -0.3 is 19.8 Å². The summed E-state index contributed by atoms with van der Waals surface area (Å²) in [4.78, 5) is 27.3. The smallest absolute Gasteiger partial charge is 0.326 e. The van der Waals surface area contributed by atoms with Gasteiger partial charge in [-0.1, -0.05) is 0 Å². The highest BCUT2D eigenvalue weighted by Gasteiger charge is 2.18. The zero-order chi connectivity index (χ0) is 16.9. The van der Waals surface area contributed by atoms with Crippen molar-refractivity contribution in [2.24, 2.45) is 0 Å². The van der Waals surface area contributed by atoms with Crippen molar-refractivity contribution in [3.05, 3.63) is 34.2 Å². The first-order chi connectivity index (χ1) is 11.7. The highest BCUT2D eigenvalue weighted by atomic mass is 16.5. The van der Waals surface area contributed by atoms with Gasteiger partial charge in [0, 0.05) is 31.4 Å². The monoisotopic (exact) mass is 333 g/mol. The second-order valence-corrected chi connectivity index (χ2v) is 5.87. The minimum Gasteiger partial charge on any atom is -0.381 e. The normalized spacial score (nSPS) is 15.7. The van der Waals surface area contributed by atoms with Crippen molar-refractivity contribution in [2.45, 2.75) is 32.4 Å². The maximum Gasteiger partial charge on any atom is 0.326 e. The lowest BCUT2D eigenvalue weighted by molar-refractivity contribution is 0.0696. The van der Waals surface area contributed by atoms with Gasteiger partial charge in [-0.05, 0) is 38.0 Å². The fraction of sp³-hybridized carbons (Fsp3) is 0.529. The van der Waals surface area contributed by atoms with Crippen LogP contribution in [0.4, 0.5) is 0 Å². The lowest BCUT2D eigenvalue weighted by Crippen LogP contribution is -2.38. The third kappa shape index (κ3) is 3.68. The summed E-state index contributed by atoms with van der Waals surface area (Å²) in [6.07, 6.45) is 1.66. The number of ether oxygens (including phenoxy) is 2. The summed E-state index contributed by atoms with van der Waals surface area (Å²) >= 11 is 0. The molecular formula is C17H23N3O4. The number of fused-ring (bicyclic) bond motifs is 1. The number of aromatic amines is 1. The van der Waals surface area contributed by atoms with Gasteiger partial charge in [-0.3, -0.25) is 9.36 Å². The quantitative estimate of drug-likeness (QED) is 0.780. The number of hydrogen-bond acceptors (Lipinski definition) is 4. The van der Waals surface area contributed by atoms with Crippen LogP contribution in [0.1, 0.15) is 30.1 Å². The number of carbonyl (C=O) groups is 1. The van der Waals surface area contributed by atoms with Gasteiger partial charge in [0.2, 0.25) is 0 Å². The molecule has 1 aliphatic rings.